The number of carbonyl (C=O) groups is 8. The first-order valence-corrected chi connectivity index (χ1v) is 19.4. The van der Waals surface area contributed by atoms with Gasteiger partial charge in [-0.2, -0.15) is 0 Å². The van der Waals surface area contributed by atoms with Crippen molar-refractivity contribution in [1.82, 2.24) is 0 Å². The fourth-order valence-electron chi connectivity index (χ4n) is 6.25. The van der Waals surface area contributed by atoms with Gasteiger partial charge in [-0.1, -0.05) is 62.4 Å². The molecule has 20 heteroatoms. The Morgan fingerprint density at radius 1 is 0.672 bits per heavy atom. The summed E-state index contributed by atoms with van der Waals surface area (Å²) in [5.74, 6) is -13.1. The number of fused-ring (bicyclic) bond motifs is 1. The summed E-state index contributed by atoms with van der Waals surface area (Å²) < 4.78 is 32.5. The maximum absolute atomic E-state index is 14.8. The SMILES string of the molecule is COc1c(OC(=O)[C@](N)(OC(C)=O)C(C)C)c(O)c(CC(N)C(=O)OOC(C)=O)c(C(=O)Cc2cccc3ccccc23)c1OC(=O)C(N)Cc1ccc(OC(C)=O)cc1OC(C)=O. The third kappa shape index (κ3) is 11.9. The lowest BCUT2D eigenvalue weighted by molar-refractivity contribution is -0.258. The molecule has 0 saturated carbocycles. The molecule has 64 heavy (non-hydrogen) atoms. The second kappa shape index (κ2) is 21.1. The minimum atomic E-state index is -2.50. The van der Waals surface area contributed by atoms with Gasteiger partial charge in [0, 0.05) is 64.5 Å². The number of ketones is 1. The molecule has 0 radical (unpaired) electrons. The lowest BCUT2D eigenvalue weighted by atomic mass is 9.90. The highest BCUT2D eigenvalue weighted by molar-refractivity contribution is 6.06. The van der Waals surface area contributed by atoms with Crippen molar-refractivity contribution in [2.75, 3.05) is 7.11 Å². The number of esters is 5. The number of carbonyl (C=O) groups excluding carboxylic acids is 8. The molecule has 0 fully saturated rings. The largest absolute Gasteiger partial charge is 0.504 e. The van der Waals surface area contributed by atoms with Crippen LogP contribution in [0.4, 0.5) is 0 Å². The van der Waals surface area contributed by atoms with E-state index in [2.05, 4.69) is 9.78 Å². The van der Waals surface area contributed by atoms with Gasteiger partial charge in [-0.05, 0) is 28.0 Å². The van der Waals surface area contributed by atoms with Gasteiger partial charge in [0.2, 0.25) is 11.5 Å². The molecule has 4 aromatic carbocycles. The Balaban J connectivity index is 1.98. The normalized spacial score (nSPS) is 12.8. The molecule has 4 aromatic rings. The molecule has 20 nitrogen and oxygen atoms in total. The summed E-state index contributed by atoms with van der Waals surface area (Å²) >= 11 is 0. The molecule has 0 heterocycles. The van der Waals surface area contributed by atoms with E-state index in [1.54, 1.807) is 42.5 Å². The number of hydrogen-bond donors (Lipinski definition) is 4. The molecule has 4 rings (SSSR count). The Morgan fingerprint density at radius 3 is 1.92 bits per heavy atom. The van der Waals surface area contributed by atoms with Crippen LogP contribution in [-0.2, 0) is 67.3 Å². The van der Waals surface area contributed by atoms with Gasteiger partial charge in [-0.25, -0.2) is 29.0 Å². The topological polar surface area (TPSA) is 309 Å². The molecule has 0 aliphatic rings. The maximum Gasteiger partial charge on any atom is 0.372 e. The number of phenolic OH excluding ortho intramolecular Hbond substituents is 1. The molecule has 0 aliphatic heterocycles. The molecule has 0 aliphatic carbocycles. The first-order valence-electron chi connectivity index (χ1n) is 19.4. The van der Waals surface area contributed by atoms with Crippen molar-refractivity contribution < 1.29 is 81.7 Å². The van der Waals surface area contributed by atoms with Crippen LogP contribution in [-0.4, -0.2) is 77.6 Å². The molecule has 0 saturated heterocycles. The first-order chi connectivity index (χ1) is 30.1. The standard InChI is InChI=1S/C44H47N3O17/c1-21(2)44(47,62-24(5)50)43(56)61-39-37(53)31(20-33(46)42(55)64-63-25(6)51)36(34(52)18-27-13-10-12-26-11-8-9-14-30(26)27)38(40(39)57-7)60-41(54)32(45)17-28-15-16-29(58-22(3)48)19-35(28)59-23(4)49/h8-16,19,21,32-33,53H,17-18,20,45-47H2,1-7H3/t32?,33?,44-/m1/s1. The van der Waals surface area contributed by atoms with Crippen molar-refractivity contribution >= 4 is 58.3 Å². The zero-order chi connectivity index (χ0) is 47.6. The predicted molar refractivity (Wildman–Crippen MR) is 222 cm³/mol. The highest BCUT2D eigenvalue weighted by atomic mass is 17.2. The van der Waals surface area contributed by atoms with Crippen molar-refractivity contribution in [3.05, 3.63) is 82.9 Å². The third-order valence-electron chi connectivity index (χ3n) is 9.31. The number of aromatic hydroxyl groups is 1. The Kier molecular flexibility index (Phi) is 16.2. The van der Waals surface area contributed by atoms with Gasteiger partial charge in [0.05, 0.1) is 12.7 Å². The van der Waals surface area contributed by atoms with Crippen molar-refractivity contribution in [1.29, 1.82) is 0 Å². The minimum Gasteiger partial charge on any atom is -0.504 e. The zero-order valence-corrected chi connectivity index (χ0v) is 35.8. The van der Waals surface area contributed by atoms with Crippen LogP contribution in [0.5, 0.6) is 34.5 Å². The molecule has 0 amide bonds. The molecule has 3 atom stereocenters. The lowest BCUT2D eigenvalue weighted by Crippen LogP contribution is -2.57. The van der Waals surface area contributed by atoms with Crippen molar-refractivity contribution in [2.45, 2.75) is 78.6 Å². The van der Waals surface area contributed by atoms with Crippen LogP contribution in [0.15, 0.2) is 60.7 Å². The number of nitrogens with two attached hydrogens (primary N) is 3. The highest BCUT2D eigenvalue weighted by Crippen LogP contribution is 2.51. The smallest absolute Gasteiger partial charge is 0.372 e. The van der Waals surface area contributed by atoms with E-state index in [0.29, 0.717) is 10.9 Å². The van der Waals surface area contributed by atoms with Crippen LogP contribution in [0.1, 0.15) is 68.6 Å². The van der Waals surface area contributed by atoms with Gasteiger partial charge in [-0.3, -0.25) is 24.9 Å². The molecule has 7 N–H and O–H groups in total. The van der Waals surface area contributed by atoms with Crippen LogP contribution in [0.2, 0.25) is 0 Å². The Bertz CT molecular complexity index is 2500. The van der Waals surface area contributed by atoms with E-state index in [1.165, 1.54) is 32.0 Å². The van der Waals surface area contributed by atoms with E-state index >= 15 is 0 Å². The lowest BCUT2D eigenvalue weighted by Gasteiger charge is -2.30. The predicted octanol–water partition coefficient (Wildman–Crippen LogP) is 2.98. The molecular weight excluding hydrogens is 842 g/mol. The van der Waals surface area contributed by atoms with E-state index in [1.807, 2.05) is 0 Å². The average Bonchev–Trinajstić information content (AvgIpc) is 3.21. The number of phenols is 1. The molecule has 0 aromatic heterocycles. The average molecular weight is 890 g/mol. The van der Waals surface area contributed by atoms with Gasteiger partial charge in [0.15, 0.2) is 17.3 Å². The van der Waals surface area contributed by atoms with Gasteiger partial charge in [-0.15, -0.1) is 0 Å². The Hall–Kier alpha value is -7.42. The zero-order valence-electron chi connectivity index (χ0n) is 35.8. The van der Waals surface area contributed by atoms with E-state index < -0.39 is 125 Å². The number of methoxy groups -OCH3 is 1. The number of hydrogen-bond acceptors (Lipinski definition) is 20. The van der Waals surface area contributed by atoms with E-state index in [0.717, 1.165) is 40.2 Å². The summed E-state index contributed by atoms with van der Waals surface area (Å²) in [6.45, 7) is 7.01. The number of rotatable bonds is 17. The van der Waals surface area contributed by atoms with Crippen molar-refractivity contribution in [2.24, 2.45) is 23.1 Å². The van der Waals surface area contributed by atoms with Crippen molar-refractivity contribution in [3.63, 3.8) is 0 Å². The van der Waals surface area contributed by atoms with Crippen LogP contribution in [0.3, 0.4) is 0 Å². The van der Waals surface area contributed by atoms with Gasteiger partial charge >= 0.3 is 41.8 Å². The quantitative estimate of drug-likeness (QED) is 0.0296. The molecule has 0 bridgehead atoms. The third-order valence-corrected chi connectivity index (χ3v) is 9.31. The molecular formula is C44H47N3O17. The fourth-order valence-corrected chi connectivity index (χ4v) is 6.25. The summed E-state index contributed by atoms with van der Waals surface area (Å²) in [7, 11) is 1.00. The van der Waals surface area contributed by atoms with Crippen molar-refractivity contribution in [3.8, 4) is 34.5 Å². The molecule has 340 valence electrons. The number of ether oxygens (including phenoxy) is 6. The maximum atomic E-state index is 14.8. The van der Waals surface area contributed by atoms with Crippen LogP contribution >= 0.6 is 0 Å². The van der Waals surface area contributed by atoms with E-state index in [-0.39, 0.29) is 17.1 Å². The Morgan fingerprint density at radius 2 is 1.31 bits per heavy atom. The molecule has 0 spiro atoms. The van der Waals surface area contributed by atoms with Gasteiger partial charge in [0.25, 0.3) is 5.72 Å². The monoisotopic (exact) mass is 889 g/mol. The first kappa shape index (κ1) is 49.2. The number of Topliss-reactive ketones (excluding diaryl/α,β-unsaturated/α-hetero) is 1. The van der Waals surface area contributed by atoms with Gasteiger partial charge < -0.3 is 45.0 Å². The summed E-state index contributed by atoms with van der Waals surface area (Å²) in [5.41, 5.74) is 15.7. The summed E-state index contributed by atoms with van der Waals surface area (Å²) in [6.07, 6.45) is -1.71. The van der Waals surface area contributed by atoms with Crippen LogP contribution < -0.4 is 40.9 Å². The van der Waals surface area contributed by atoms with E-state index in [4.69, 9.17) is 45.6 Å². The summed E-state index contributed by atoms with van der Waals surface area (Å²) in [5, 5.41) is 13.4. The van der Waals surface area contributed by atoms with E-state index in [9.17, 15) is 43.5 Å². The summed E-state index contributed by atoms with van der Waals surface area (Å²) in [4.78, 5) is 112. The number of benzene rings is 4. The second-order valence-electron chi connectivity index (χ2n) is 14.5. The fraction of sp³-hybridized carbons (Fsp3) is 0.318. The summed E-state index contributed by atoms with van der Waals surface area (Å²) in [6, 6.07) is 12.7. The van der Waals surface area contributed by atoms with Gasteiger partial charge in [0.1, 0.15) is 23.6 Å². The van der Waals surface area contributed by atoms with Crippen LogP contribution in [0, 0.1) is 5.92 Å². The molecule has 2 unspecified atom stereocenters. The Labute approximate surface area is 365 Å². The van der Waals surface area contributed by atoms with Crippen LogP contribution in [0.25, 0.3) is 10.8 Å². The minimum absolute atomic E-state index is 0.00375. The highest BCUT2D eigenvalue weighted by Gasteiger charge is 2.45. The second-order valence-corrected chi connectivity index (χ2v) is 14.5.